The highest BCUT2D eigenvalue weighted by Crippen LogP contribution is 2.42. The Kier molecular flexibility index (Phi) is 7.37. The van der Waals surface area contributed by atoms with Crippen molar-refractivity contribution in [1.82, 2.24) is 4.90 Å². The molecule has 0 aliphatic carbocycles. The van der Waals surface area contributed by atoms with Crippen LogP contribution < -0.4 is 9.47 Å². The van der Waals surface area contributed by atoms with E-state index in [1.807, 2.05) is 0 Å². The Hall–Kier alpha value is -3.52. The van der Waals surface area contributed by atoms with Crippen LogP contribution in [0.15, 0.2) is 48.0 Å². The first-order valence-electron chi connectivity index (χ1n) is 10.3. The summed E-state index contributed by atoms with van der Waals surface area (Å²) in [5, 5.41) is 21.1. The van der Waals surface area contributed by atoms with Crippen molar-refractivity contribution in [1.29, 1.82) is 0 Å². The number of aromatic hydroxyl groups is 1. The Balaban J connectivity index is 2.13. The van der Waals surface area contributed by atoms with Crippen molar-refractivity contribution in [3.05, 3.63) is 59.2 Å². The van der Waals surface area contributed by atoms with Crippen LogP contribution in [-0.2, 0) is 14.3 Å². The van der Waals surface area contributed by atoms with Crippen LogP contribution >= 0.6 is 0 Å². The predicted molar refractivity (Wildman–Crippen MR) is 118 cm³/mol. The molecule has 32 heavy (non-hydrogen) atoms. The van der Waals surface area contributed by atoms with Gasteiger partial charge in [-0.3, -0.25) is 9.59 Å². The zero-order valence-corrected chi connectivity index (χ0v) is 18.3. The number of aliphatic hydroxyl groups is 1. The maximum atomic E-state index is 13.0. The molecule has 0 spiro atoms. The lowest BCUT2D eigenvalue weighted by atomic mass is 9.95. The number of carbonyl (C=O) groups is 2. The van der Waals surface area contributed by atoms with E-state index in [0.29, 0.717) is 36.5 Å². The first kappa shape index (κ1) is 23.1. The summed E-state index contributed by atoms with van der Waals surface area (Å²) in [4.78, 5) is 27.3. The van der Waals surface area contributed by atoms with Crippen LogP contribution in [0.3, 0.4) is 0 Å². The standard InChI is InChI=1S/C24H27NO7/c1-4-32-19-14-16(8-11-18(19)26)21-20(22(27)15-6-9-17(31-3)10-7-15)23(28)24(29)25(21)12-5-13-30-2/h6-11,14,21,26-27H,4-5,12-13H2,1-3H3/b22-20+. The highest BCUT2D eigenvalue weighted by molar-refractivity contribution is 6.46. The van der Waals surface area contributed by atoms with Gasteiger partial charge in [0.05, 0.1) is 25.3 Å². The number of phenolic OH excluding ortho intramolecular Hbond substituents is 1. The molecule has 1 amide bonds. The predicted octanol–water partition coefficient (Wildman–Crippen LogP) is 3.26. The highest BCUT2D eigenvalue weighted by atomic mass is 16.5. The van der Waals surface area contributed by atoms with Gasteiger partial charge in [-0.15, -0.1) is 0 Å². The molecule has 1 unspecified atom stereocenters. The summed E-state index contributed by atoms with van der Waals surface area (Å²) < 4.78 is 15.7. The van der Waals surface area contributed by atoms with Crippen molar-refractivity contribution < 1.29 is 34.0 Å². The molecule has 0 aromatic heterocycles. The quantitative estimate of drug-likeness (QED) is 0.266. The minimum atomic E-state index is -0.839. The molecule has 0 saturated carbocycles. The molecule has 1 fully saturated rings. The fraction of sp³-hybridized carbons (Fsp3) is 0.333. The van der Waals surface area contributed by atoms with Gasteiger partial charge in [0.1, 0.15) is 11.5 Å². The number of ketones is 1. The van der Waals surface area contributed by atoms with E-state index in [2.05, 4.69) is 0 Å². The molecular formula is C24H27NO7. The molecule has 0 bridgehead atoms. The third-order valence-corrected chi connectivity index (χ3v) is 5.25. The van der Waals surface area contributed by atoms with Gasteiger partial charge in [-0.1, -0.05) is 6.07 Å². The smallest absolute Gasteiger partial charge is 0.295 e. The summed E-state index contributed by atoms with van der Waals surface area (Å²) in [5.41, 5.74) is 0.901. The zero-order valence-electron chi connectivity index (χ0n) is 18.3. The summed E-state index contributed by atoms with van der Waals surface area (Å²) in [6, 6.07) is 10.4. The summed E-state index contributed by atoms with van der Waals surface area (Å²) in [6.07, 6.45) is 0.513. The van der Waals surface area contributed by atoms with Crippen molar-refractivity contribution in [3.8, 4) is 17.2 Å². The van der Waals surface area contributed by atoms with Gasteiger partial charge >= 0.3 is 0 Å². The number of Topliss-reactive ketones (excluding diaryl/α,β-unsaturated/α-hetero) is 1. The largest absolute Gasteiger partial charge is 0.507 e. The van der Waals surface area contributed by atoms with E-state index in [9.17, 15) is 19.8 Å². The van der Waals surface area contributed by atoms with E-state index >= 15 is 0 Å². The van der Waals surface area contributed by atoms with Crippen molar-refractivity contribution >= 4 is 17.4 Å². The number of aliphatic hydroxyl groups excluding tert-OH is 1. The monoisotopic (exact) mass is 441 g/mol. The third kappa shape index (κ3) is 4.55. The fourth-order valence-corrected chi connectivity index (χ4v) is 3.71. The number of carbonyl (C=O) groups excluding carboxylic acids is 2. The lowest BCUT2D eigenvalue weighted by Crippen LogP contribution is -2.31. The molecule has 1 aliphatic heterocycles. The van der Waals surface area contributed by atoms with Crippen molar-refractivity contribution in [2.75, 3.05) is 34.0 Å². The van der Waals surface area contributed by atoms with E-state index in [0.717, 1.165) is 0 Å². The van der Waals surface area contributed by atoms with Crippen LogP contribution in [0, 0.1) is 0 Å². The summed E-state index contributed by atoms with van der Waals surface area (Å²) in [7, 11) is 3.09. The summed E-state index contributed by atoms with van der Waals surface area (Å²) in [5.74, 6) is -0.979. The number of benzene rings is 2. The third-order valence-electron chi connectivity index (χ3n) is 5.25. The molecule has 0 radical (unpaired) electrons. The minimum Gasteiger partial charge on any atom is -0.507 e. The minimum absolute atomic E-state index is 0.0225. The zero-order chi connectivity index (χ0) is 23.3. The topological polar surface area (TPSA) is 106 Å². The van der Waals surface area contributed by atoms with E-state index in [1.165, 1.54) is 18.1 Å². The van der Waals surface area contributed by atoms with Crippen LogP contribution in [0.4, 0.5) is 0 Å². The molecule has 3 rings (SSSR count). The number of ether oxygens (including phenoxy) is 3. The van der Waals surface area contributed by atoms with Crippen LogP contribution in [0.1, 0.15) is 30.5 Å². The number of methoxy groups -OCH3 is 2. The van der Waals surface area contributed by atoms with Crippen molar-refractivity contribution in [2.24, 2.45) is 0 Å². The number of nitrogens with zero attached hydrogens (tertiary/aromatic N) is 1. The second-order valence-corrected chi connectivity index (χ2v) is 7.23. The molecule has 1 heterocycles. The van der Waals surface area contributed by atoms with E-state index in [-0.39, 0.29) is 29.4 Å². The number of likely N-dealkylation sites (tertiary alicyclic amines) is 1. The Labute approximate surface area is 186 Å². The first-order chi connectivity index (χ1) is 15.4. The molecule has 2 aromatic carbocycles. The first-order valence-corrected chi connectivity index (χ1v) is 10.3. The van der Waals surface area contributed by atoms with Gasteiger partial charge in [-0.25, -0.2) is 0 Å². The maximum absolute atomic E-state index is 13.0. The van der Waals surface area contributed by atoms with Gasteiger partial charge in [0.25, 0.3) is 11.7 Å². The van der Waals surface area contributed by atoms with Crippen LogP contribution in [-0.4, -0.2) is 60.8 Å². The average molecular weight is 441 g/mol. The number of hydrogen-bond donors (Lipinski definition) is 2. The molecule has 170 valence electrons. The molecule has 1 aliphatic rings. The summed E-state index contributed by atoms with van der Waals surface area (Å²) in [6.45, 7) is 2.78. The molecule has 1 saturated heterocycles. The highest BCUT2D eigenvalue weighted by Gasteiger charge is 2.46. The Morgan fingerprint density at radius 3 is 2.44 bits per heavy atom. The molecule has 8 nitrogen and oxygen atoms in total. The lowest BCUT2D eigenvalue weighted by molar-refractivity contribution is -0.140. The molecule has 2 N–H and O–H groups in total. The SMILES string of the molecule is CCOc1cc(C2/C(=C(\O)c3ccc(OC)cc3)C(=O)C(=O)N2CCCOC)ccc1O. The normalized spacial score (nSPS) is 17.6. The van der Waals surface area contributed by atoms with Gasteiger partial charge in [0.15, 0.2) is 11.5 Å². The molecular weight excluding hydrogens is 414 g/mol. The molecule has 8 heteroatoms. The molecule has 1 atom stereocenters. The van der Waals surface area contributed by atoms with Gasteiger partial charge < -0.3 is 29.3 Å². The van der Waals surface area contributed by atoms with Crippen molar-refractivity contribution in [2.45, 2.75) is 19.4 Å². The average Bonchev–Trinajstić information content (AvgIpc) is 3.05. The fourth-order valence-electron chi connectivity index (χ4n) is 3.71. The van der Waals surface area contributed by atoms with Gasteiger partial charge in [0.2, 0.25) is 0 Å². The number of hydrogen-bond acceptors (Lipinski definition) is 7. The second kappa shape index (κ2) is 10.2. The second-order valence-electron chi connectivity index (χ2n) is 7.23. The summed E-state index contributed by atoms with van der Waals surface area (Å²) >= 11 is 0. The van der Waals surface area contributed by atoms with Crippen LogP contribution in [0.5, 0.6) is 17.2 Å². The van der Waals surface area contributed by atoms with Crippen molar-refractivity contribution in [3.63, 3.8) is 0 Å². The maximum Gasteiger partial charge on any atom is 0.295 e. The van der Waals surface area contributed by atoms with Crippen LogP contribution in [0.2, 0.25) is 0 Å². The van der Waals surface area contributed by atoms with E-state index in [4.69, 9.17) is 14.2 Å². The Morgan fingerprint density at radius 2 is 1.81 bits per heavy atom. The van der Waals surface area contributed by atoms with E-state index < -0.39 is 17.7 Å². The molecule has 2 aromatic rings. The van der Waals surface area contributed by atoms with E-state index in [1.54, 1.807) is 50.4 Å². The Bertz CT molecular complexity index is 1010. The van der Waals surface area contributed by atoms with Gasteiger partial charge in [-0.2, -0.15) is 0 Å². The number of phenols is 1. The number of rotatable bonds is 9. The Morgan fingerprint density at radius 1 is 1.09 bits per heavy atom. The lowest BCUT2D eigenvalue weighted by Gasteiger charge is -2.25. The van der Waals surface area contributed by atoms with Gasteiger partial charge in [0, 0.05) is 25.8 Å². The van der Waals surface area contributed by atoms with Gasteiger partial charge in [-0.05, 0) is 55.3 Å². The number of amides is 1. The van der Waals surface area contributed by atoms with Crippen LogP contribution in [0.25, 0.3) is 5.76 Å².